The summed E-state index contributed by atoms with van der Waals surface area (Å²) in [5.74, 6) is -0.464. The molecule has 1 N–H and O–H groups in total. The number of carbonyl (C=O) groups excluding carboxylic acids is 1. The van der Waals surface area contributed by atoms with Crippen molar-refractivity contribution in [2.24, 2.45) is 5.92 Å². The van der Waals surface area contributed by atoms with Crippen LogP contribution >= 0.6 is 0 Å². The number of hydrogen-bond donors (Lipinski definition) is 1. The van der Waals surface area contributed by atoms with Gasteiger partial charge in [0, 0.05) is 0 Å². The zero-order valence-electron chi connectivity index (χ0n) is 7.49. The third-order valence-corrected chi connectivity index (χ3v) is 1.87. The van der Waals surface area contributed by atoms with Gasteiger partial charge in [-0.05, 0) is 18.9 Å². The van der Waals surface area contributed by atoms with Gasteiger partial charge in [0.15, 0.2) is 5.78 Å². The van der Waals surface area contributed by atoms with E-state index < -0.39 is 6.10 Å². The number of carbonyl (C=O) groups is 1. The van der Waals surface area contributed by atoms with Gasteiger partial charge in [0.2, 0.25) is 0 Å². The fraction of sp³-hybridized carbons (Fsp3) is 0.500. The molecule has 0 aliphatic rings. The molecule has 0 radical (unpaired) electrons. The number of aliphatic hydroxyl groups is 1. The Hall–Kier alpha value is -0.890. The SMILES string of the molecule is C=CCC(C(=O)C=C)C(O)CC. The Morgan fingerprint density at radius 1 is 1.58 bits per heavy atom. The lowest BCUT2D eigenvalue weighted by molar-refractivity contribution is -0.121. The van der Waals surface area contributed by atoms with E-state index in [0.29, 0.717) is 12.8 Å². The first kappa shape index (κ1) is 11.1. The van der Waals surface area contributed by atoms with Gasteiger partial charge < -0.3 is 5.11 Å². The lowest BCUT2D eigenvalue weighted by Gasteiger charge is -2.16. The van der Waals surface area contributed by atoms with E-state index >= 15 is 0 Å². The van der Waals surface area contributed by atoms with Crippen molar-refractivity contribution < 1.29 is 9.90 Å². The van der Waals surface area contributed by atoms with Crippen LogP contribution in [0.15, 0.2) is 25.3 Å². The van der Waals surface area contributed by atoms with Crippen molar-refractivity contribution in [3.63, 3.8) is 0 Å². The summed E-state index contributed by atoms with van der Waals surface area (Å²) in [7, 11) is 0. The summed E-state index contributed by atoms with van der Waals surface area (Å²) in [6.07, 6.45) is 3.42. The molecule has 2 nitrogen and oxygen atoms in total. The molecule has 0 saturated heterocycles. The summed E-state index contributed by atoms with van der Waals surface area (Å²) >= 11 is 0. The van der Waals surface area contributed by atoms with E-state index in [-0.39, 0.29) is 11.7 Å². The topological polar surface area (TPSA) is 37.3 Å². The van der Waals surface area contributed by atoms with Gasteiger partial charge in [-0.3, -0.25) is 4.79 Å². The second-order valence-corrected chi connectivity index (χ2v) is 2.71. The van der Waals surface area contributed by atoms with Crippen LogP contribution in [0.25, 0.3) is 0 Å². The largest absolute Gasteiger partial charge is 0.392 e. The van der Waals surface area contributed by atoms with E-state index in [9.17, 15) is 9.90 Å². The van der Waals surface area contributed by atoms with E-state index in [2.05, 4.69) is 13.2 Å². The summed E-state index contributed by atoms with van der Waals surface area (Å²) in [4.78, 5) is 11.2. The number of allylic oxidation sites excluding steroid dienone is 2. The predicted molar refractivity (Wildman–Crippen MR) is 49.8 cm³/mol. The van der Waals surface area contributed by atoms with Crippen LogP contribution in [0.3, 0.4) is 0 Å². The normalized spacial score (nSPS) is 14.8. The molecule has 0 aliphatic heterocycles. The van der Waals surface area contributed by atoms with E-state index in [0.717, 1.165) is 0 Å². The highest BCUT2D eigenvalue weighted by Crippen LogP contribution is 2.14. The first-order valence-electron chi connectivity index (χ1n) is 4.12. The zero-order chi connectivity index (χ0) is 9.56. The average Bonchev–Trinajstić information content (AvgIpc) is 2.11. The van der Waals surface area contributed by atoms with Crippen molar-refractivity contribution in [1.29, 1.82) is 0 Å². The van der Waals surface area contributed by atoms with Crippen LogP contribution in [0.5, 0.6) is 0 Å². The number of hydrogen-bond acceptors (Lipinski definition) is 2. The standard InChI is InChI=1S/C10H16O2/c1-4-7-8(9(11)5-2)10(12)6-3/h4-5,8,10,12H,1-2,6-7H2,3H3. The Balaban J connectivity index is 4.29. The molecular weight excluding hydrogens is 152 g/mol. The van der Waals surface area contributed by atoms with E-state index in [4.69, 9.17) is 0 Å². The molecule has 0 heterocycles. The van der Waals surface area contributed by atoms with Crippen molar-refractivity contribution in [2.45, 2.75) is 25.9 Å². The Morgan fingerprint density at radius 3 is 2.50 bits per heavy atom. The molecule has 0 fully saturated rings. The van der Waals surface area contributed by atoms with E-state index in [1.165, 1.54) is 6.08 Å². The molecule has 0 aromatic heterocycles. The fourth-order valence-electron chi connectivity index (χ4n) is 1.08. The first-order chi connectivity index (χ1) is 5.67. The van der Waals surface area contributed by atoms with Crippen LogP contribution in [-0.2, 0) is 4.79 Å². The summed E-state index contributed by atoms with van der Waals surface area (Å²) in [5, 5.41) is 9.43. The summed E-state index contributed by atoms with van der Waals surface area (Å²) < 4.78 is 0. The van der Waals surface area contributed by atoms with Crippen molar-refractivity contribution in [3.05, 3.63) is 25.3 Å². The Bertz CT molecular complexity index is 173. The second kappa shape index (κ2) is 5.72. The molecule has 0 spiro atoms. The maximum atomic E-state index is 11.2. The van der Waals surface area contributed by atoms with Crippen molar-refractivity contribution in [3.8, 4) is 0 Å². The van der Waals surface area contributed by atoms with Gasteiger partial charge in [0.25, 0.3) is 0 Å². The van der Waals surface area contributed by atoms with Gasteiger partial charge in [0.1, 0.15) is 0 Å². The minimum atomic E-state index is -0.575. The maximum Gasteiger partial charge on any atom is 0.161 e. The molecule has 2 atom stereocenters. The van der Waals surface area contributed by atoms with Gasteiger partial charge >= 0.3 is 0 Å². The third kappa shape index (κ3) is 3.01. The van der Waals surface area contributed by atoms with Crippen LogP contribution in [0.1, 0.15) is 19.8 Å². The van der Waals surface area contributed by atoms with Crippen LogP contribution in [0, 0.1) is 5.92 Å². The lowest BCUT2D eigenvalue weighted by atomic mass is 9.92. The molecule has 2 unspecified atom stereocenters. The fourth-order valence-corrected chi connectivity index (χ4v) is 1.08. The quantitative estimate of drug-likeness (QED) is 0.484. The van der Waals surface area contributed by atoms with Gasteiger partial charge in [-0.1, -0.05) is 19.6 Å². The number of rotatable bonds is 6. The Labute approximate surface area is 73.6 Å². The van der Waals surface area contributed by atoms with Crippen LogP contribution in [0.4, 0.5) is 0 Å². The molecule has 0 rings (SSSR count). The highest BCUT2D eigenvalue weighted by atomic mass is 16.3. The maximum absolute atomic E-state index is 11.2. The molecule has 68 valence electrons. The molecule has 2 heteroatoms. The summed E-state index contributed by atoms with van der Waals surface area (Å²) in [6, 6.07) is 0. The van der Waals surface area contributed by atoms with E-state index in [1.54, 1.807) is 6.08 Å². The molecule has 0 aliphatic carbocycles. The first-order valence-corrected chi connectivity index (χ1v) is 4.12. The zero-order valence-corrected chi connectivity index (χ0v) is 7.49. The van der Waals surface area contributed by atoms with Crippen LogP contribution in [0.2, 0.25) is 0 Å². The molecule has 0 bridgehead atoms. The molecule has 0 amide bonds. The van der Waals surface area contributed by atoms with Gasteiger partial charge in [-0.15, -0.1) is 6.58 Å². The molecular formula is C10H16O2. The Kier molecular flexibility index (Phi) is 5.30. The van der Waals surface area contributed by atoms with E-state index in [1.807, 2.05) is 6.92 Å². The van der Waals surface area contributed by atoms with Crippen molar-refractivity contribution in [1.82, 2.24) is 0 Å². The number of aliphatic hydroxyl groups excluding tert-OH is 1. The van der Waals surface area contributed by atoms with Gasteiger partial charge in [0.05, 0.1) is 12.0 Å². The summed E-state index contributed by atoms with van der Waals surface area (Å²) in [5.41, 5.74) is 0. The van der Waals surface area contributed by atoms with Gasteiger partial charge in [-0.2, -0.15) is 0 Å². The Morgan fingerprint density at radius 2 is 2.17 bits per heavy atom. The van der Waals surface area contributed by atoms with Crippen molar-refractivity contribution >= 4 is 5.78 Å². The monoisotopic (exact) mass is 168 g/mol. The highest BCUT2D eigenvalue weighted by Gasteiger charge is 2.21. The molecule has 0 saturated carbocycles. The number of ketones is 1. The van der Waals surface area contributed by atoms with Crippen molar-refractivity contribution in [2.75, 3.05) is 0 Å². The minimum Gasteiger partial charge on any atom is -0.392 e. The third-order valence-electron chi connectivity index (χ3n) is 1.87. The molecule has 0 aromatic rings. The summed E-state index contributed by atoms with van der Waals surface area (Å²) in [6.45, 7) is 8.77. The van der Waals surface area contributed by atoms with Crippen LogP contribution < -0.4 is 0 Å². The molecule has 12 heavy (non-hydrogen) atoms. The highest BCUT2D eigenvalue weighted by molar-refractivity contribution is 5.91. The molecule has 0 aromatic carbocycles. The predicted octanol–water partition coefficient (Wildman–Crippen LogP) is 1.70. The smallest absolute Gasteiger partial charge is 0.161 e. The minimum absolute atomic E-state index is 0.107. The lowest BCUT2D eigenvalue weighted by Crippen LogP contribution is -2.25. The average molecular weight is 168 g/mol. The van der Waals surface area contributed by atoms with Crippen LogP contribution in [-0.4, -0.2) is 17.0 Å². The van der Waals surface area contributed by atoms with Gasteiger partial charge in [-0.25, -0.2) is 0 Å². The second-order valence-electron chi connectivity index (χ2n) is 2.71.